The summed E-state index contributed by atoms with van der Waals surface area (Å²) in [5, 5.41) is 44.2. The van der Waals surface area contributed by atoms with Crippen molar-refractivity contribution >= 4 is 53.4 Å². The van der Waals surface area contributed by atoms with E-state index in [0.29, 0.717) is 58.0 Å². The van der Waals surface area contributed by atoms with Crippen LogP contribution < -0.4 is 31.9 Å². The molecule has 0 heterocycles. The van der Waals surface area contributed by atoms with Crippen LogP contribution in [-0.2, 0) is 62.1 Å². The summed E-state index contributed by atoms with van der Waals surface area (Å²) < 4.78 is 21.2. The largest absolute Gasteiger partial charge is 0.481 e. The SMILES string of the molecule is CCC(=O)NCCCCC(NC(=O)COCCOCCNC(=O)COCCOCCNC(=O)CCC(NC(=O)C1CCC(CNC(=O)CC(C)(C)C(C)(C)CC(=O)O)CC1)C(=O)O)C(=O)O. The van der Waals surface area contributed by atoms with Gasteiger partial charge in [-0.05, 0) is 68.1 Å². The quantitative estimate of drug-likeness (QED) is 0.0388. The fraction of sp³-hybridized carbons (Fsp3) is 0.795. The molecular formula is C44H76N6O16. The van der Waals surface area contributed by atoms with Crippen LogP contribution in [0.25, 0.3) is 0 Å². The number of rotatable bonds is 37. The Morgan fingerprint density at radius 3 is 1.62 bits per heavy atom. The first-order chi connectivity index (χ1) is 31.2. The molecule has 2 unspecified atom stereocenters. The number of hydrogen-bond acceptors (Lipinski definition) is 13. The van der Waals surface area contributed by atoms with E-state index in [1.807, 2.05) is 27.7 Å². The highest BCUT2D eigenvalue weighted by molar-refractivity contribution is 5.86. The number of carboxylic acids is 3. The highest BCUT2D eigenvalue weighted by Gasteiger charge is 2.40. The Morgan fingerprint density at radius 1 is 0.545 bits per heavy atom. The fourth-order valence-electron chi connectivity index (χ4n) is 6.78. The monoisotopic (exact) mass is 945 g/mol. The van der Waals surface area contributed by atoms with Crippen LogP contribution in [0.4, 0.5) is 0 Å². The molecule has 0 spiro atoms. The summed E-state index contributed by atoms with van der Waals surface area (Å²) in [6.45, 7) is 10.6. The maximum atomic E-state index is 12.9. The van der Waals surface area contributed by atoms with Crippen LogP contribution in [0.2, 0.25) is 0 Å². The first kappa shape index (κ1) is 59.1. The topological polar surface area (TPSA) is 323 Å². The lowest BCUT2D eigenvalue weighted by Crippen LogP contribution is -2.45. The molecule has 378 valence electrons. The molecule has 1 fully saturated rings. The van der Waals surface area contributed by atoms with Gasteiger partial charge >= 0.3 is 17.9 Å². The van der Waals surface area contributed by atoms with Crippen molar-refractivity contribution in [2.24, 2.45) is 22.7 Å². The zero-order valence-corrected chi connectivity index (χ0v) is 39.4. The van der Waals surface area contributed by atoms with Crippen molar-refractivity contribution in [3.63, 3.8) is 0 Å². The van der Waals surface area contributed by atoms with Crippen LogP contribution >= 0.6 is 0 Å². The minimum absolute atomic E-state index is 0.0553. The van der Waals surface area contributed by atoms with Crippen molar-refractivity contribution in [1.82, 2.24) is 31.9 Å². The van der Waals surface area contributed by atoms with Crippen LogP contribution in [0.1, 0.15) is 112 Å². The molecule has 1 aliphatic carbocycles. The number of hydrogen-bond donors (Lipinski definition) is 9. The van der Waals surface area contributed by atoms with E-state index < -0.39 is 52.6 Å². The average molecular weight is 945 g/mol. The summed E-state index contributed by atoms with van der Waals surface area (Å²) in [4.78, 5) is 108. The van der Waals surface area contributed by atoms with Crippen molar-refractivity contribution in [3.8, 4) is 0 Å². The van der Waals surface area contributed by atoms with Crippen molar-refractivity contribution in [2.75, 3.05) is 79.0 Å². The van der Waals surface area contributed by atoms with Gasteiger partial charge < -0.3 is 66.2 Å². The Morgan fingerprint density at radius 2 is 1.06 bits per heavy atom. The molecule has 0 aromatic carbocycles. The number of unbranched alkanes of at least 4 members (excludes halogenated alkanes) is 1. The Kier molecular flexibility index (Phi) is 29.3. The Hall–Kier alpha value is -4.93. The van der Waals surface area contributed by atoms with Gasteiger partial charge in [-0.2, -0.15) is 0 Å². The molecule has 0 aromatic rings. The average Bonchev–Trinajstić information content (AvgIpc) is 3.24. The molecule has 0 saturated heterocycles. The number of carbonyl (C=O) groups is 9. The third-order valence-corrected chi connectivity index (χ3v) is 11.7. The molecule has 6 amide bonds. The van der Waals surface area contributed by atoms with Crippen LogP contribution in [0.3, 0.4) is 0 Å². The summed E-state index contributed by atoms with van der Waals surface area (Å²) in [6.07, 6.45) is 3.96. The van der Waals surface area contributed by atoms with E-state index in [1.165, 1.54) is 0 Å². The van der Waals surface area contributed by atoms with Crippen molar-refractivity contribution in [3.05, 3.63) is 0 Å². The molecule has 0 aromatic heterocycles. The summed E-state index contributed by atoms with van der Waals surface area (Å²) >= 11 is 0. The molecule has 2 atom stereocenters. The molecule has 0 aliphatic heterocycles. The van der Waals surface area contributed by atoms with Gasteiger partial charge in [0.05, 0.1) is 46.1 Å². The number of nitrogens with one attached hydrogen (secondary N) is 6. The lowest BCUT2D eigenvalue weighted by Gasteiger charge is -2.40. The zero-order chi connectivity index (χ0) is 49.5. The van der Waals surface area contributed by atoms with Gasteiger partial charge in [-0.25, -0.2) is 9.59 Å². The van der Waals surface area contributed by atoms with Gasteiger partial charge in [0.2, 0.25) is 35.4 Å². The number of amides is 6. The predicted molar refractivity (Wildman–Crippen MR) is 238 cm³/mol. The predicted octanol–water partition coefficient (Wildman–Crippen LogP) is 0.741. The number of carbonyl (C=O) groups excluding carboxylic acids is 6. The third kappa shape index (κ3) is 26.9. The normalized spacial score (nSPS) is 16.0. The maximum Gasteiger partial charge on any atom is 0.326 e. The molecule has 22 nitrogen and oxygen atoms in total. The lowest BCUT2D eigenvalue weighted by molar-refractivity contribution is -0.143. The second-order valence-corrected chi connectivity index (χ2v) is 17.7. The van der Waals surface area contributed by atoms with Gasteiger partial charge in [0.1, 0.15) is 25.3 Å². The van der Waals surface area contributed by atoms with Gasteiger partial charge in [-0.15, -0.1) is 0 Å². The van der Waals surface area contributed by atoms with E-state index in [-0.39, 0.29) is 134 Å². The van der Waals surface area contributed by atoms with E-state index >= 15 is 0 Å². The molecule has 0 radical (unpaired) electrons. The fourth-order valence-corrected chi connectivity index (χ4v) is 6.78. The molecule has 0 bridgehead atoms. The molecule has 1 aliphatic rings. The van der Waals surface area contributed by atoms with Crippen molar-refractivity contribution in [1.29, 1.82) is 0 Å². The minimum atomic E-state index is -1.25. The minimum Gasteiger partial charge on any atom is -0.481 e. The van der Waals surface area contributed by atoms with E-state index in [9.17, 15) is 58.5 Å². The standard InChI is InChI=1S/C44H76N6O16/c1-6-34(51)45-16-8-7-9-32(41(59)60)49-38(55)29-66-24-22-64-20-18-47-37(54)28-65-23-21-63-19-17-46-35(52)15-14-33(42(61)62)50-40(58)31-12-10-30(11-13-31)27-48-36(53)25-43(2,3)44(4,5)26-39(56)57/h30-33H,6-29H2,1-5H3,(H,45,51)(H,46,52)(H,47,54)(H,48,53)(H,49,55)(H,50,58)(H,56,57)(H,59,60)(H,61,62). The van der Waals surface area contributed by atoms with Crippen LogP contribution in [-0.4, -0.2) is 160 Å². The van der Waals surface area contributed by atoms with Crippen LogP contribution in [0.15, 0.2) is 0 Å². The second-order valence-electron chi connectivity index (χ2n) is 17.7. The van der Waals surface area contributed by atoms with E-state index in [2.05, 4.69) is 31.9 Å². The highest BCUT2D eigenvalue weighted by Crippen LogP contribution is 2.44. The summed E-state index contributed by atoms with van der Waals surface area (Å²) in [5.74, 6) is -5.54. The van der Waals surface area contributed by atoms with Crippen LogP contribution in [0, 0.1) is 22.7 Å². The molecule has 9 N–H and O–H groups in total. The summed E-state index contributed by atoms with van der Waals surface area (Å²) in [5.41, 5.74) is -1.14. The number of aliphatic carboxylic acids is 3. The molecule has 1 rings (SSSR count). The van der Waals surface area contributed by atoms with Gasteiger partial charge in [0.25, 0.3) is 0 Å². The number of carboxylic acid groups (broad SMARTS) is 3. The summed E-state index contributed by atoms with van der Waals surface area (Å²) in [7, 11) is 0. The molecule has 22 heteroatoms. The third-order valence-electron chi connectivity index (χ3n) is 11.7. The first-order valence-corrected chi connectivity index (χ1v) is 22.8. The Bertz CT molecular complexity index is 1550. The Labute approximate surface area is 387 Å². The van der Waals surface area contributed by atoms with Crippen molar-refractivity contribution < 1.29 is 77.4 Å². The van der Waals surface area contributed by atoms with Gasteiger partial charge in [0.15, 0.2) is 0 Å². The second kappa shape index (κ2) is 32.7. The first-order valence-electron chi connectivity index (χ1n) is 22.8. The Balaban J connectivity index is 2.11. The smallest absolute Gasteiger partial charge is 0.326 e. The zero-order valence-electron chi connectivity index (χ0n) is 39.4. The van der Waals surface area contributed by atoms with Gasteiger partial charge in [0, 0.05) is 51.4 Å². The van der Waals surface area contributed by atoms with Gasteiger partial charge in [-0.3, -0.25) is 33.6 Å². The van der Waals surface area contributed by atoms with Crippen molar-refractivity contribution in [2.45, 2.75) is 124 Å². The maximum absolute atomic E-state index is 12.9. The molecular weight excluding hydrogens is 869 g/mol. The van der Waals surface area contributed by atoms with E-state index in [4.69, 9.17) is 18.9 Å². The lowest BCUT2D eigenvalue weighted by atomic mass is 9.64. The van der Waals surface area contributed by atoms with Crippen LogP contribution in [0.5, 0.6) is 0 Å². The number of ether oxygens (including phenoxy) is 4. The molecule has 1 saturated carbocycles. The molecule has 66 heavy (non-hydrogen) atoms. The van der Waals surface area contributed by atoms with Gasteiger partial charge in [-0.1, -0.05) is 34.6 Å². The highest BCUT2D eigenvalue weighted by atomic mass is 16.5. The van der Waals surface area contributed by atoms with E-state index in [1.54, 1.807) is 6.92 Å². The summed E-state index contributed by atoms with van der Waals surface area (Å²) in [6, 6.07) is -2.30. The van der Waals surface area contributed by atoms with E-state index in [0.717, 1.165) is 0 Å².